The van der Waals surface area contributed by atoms with Crippen molar-refractivity contribution < 1.29 is 9.84 Å². The number of methoxy groups -OCH3 is 1. The van der Waals surface area contributed by atoms with Crippen molar-refractivity contribution in [3.8, 4) is 5.75 Å². The summed E-state index contributed by atoms with van der Waals surface area (Å²) in [5.74, 6) is 0.616. The van der Waals surface area contributed by atoms with Crippen LogP contribution in [-0.2, 0) is 12.1 Å². The summed E-state index contributed by atoms with van der Waals surface area (Å²) in [4.78, 5) is 0.881. The molecule has 1 N–H and O–H groups in total. The van der Waals surface area contributed by atoms with Crippen molar-refractivity contribution >= 4 is 11.3 Å². The third-order valence-corrected chi connectivity index (χ3v) is 3.87. The summed E-state index contributed by atoms with van der Waals surface area (Å²) in [5.41, 5.74) is -0.378. The first-order valence-electron chi connectivity index (χ1n) is 5.47. The molecule has 5 heteroatoms. The van der Waals surface area contributed by atoms with Gasteiger partial charge in [-0.3, -0.25) is 4.68 Å². The Morgan fingerprint density at radius 2 is 2.35 bits per heavy atom. The largest absolute Gasteiger partial charge is 0.493 e. The van der Waals surface area contributed by atoms with Crippen LogP contribution < -0.4 is 4.74 Å². The van der Waals surface area contributed by atoms with Crippen molar-refractivity contribution in [2.45, 2.75) is 26.0 Å². The molecule has 0 bridgehead atoms. The van der Waals surface area contributed by atoms with Crippen molar-refractivity contribution in [1.82, 2.24) is 9.78 Å². The maximum absolute atomic E-state index is 10.7. The van der Waals surface area contributed by atoms with Gasteiger partial charge >= 0.3 is 0 Å². The van der Waals surface area contributed by atoms with Crippen molar-refractivity contribution in [3.05, 3.63) is 34.3 Å². The first-order valence-corrected chi connectivity index (χ1v) is 6.35. The monoisotopic (exact) mass is 252 g/mol. The zero-order chi connectivity index (χ0) is 12.5. The van der Waals surface area contributed by atoms with Crippen molar-refractivity contribution in [2.75, 3.05) is 7.11 Å². The summed E-state index contributed by atoms with van der Waals surface area (Å²) < 4.78 is 7.04. The molecule has 17 heavy (non-hydrogen) atoms. The number of thiophene rings is 1. The third-order valence-electron chi connectivity index (χ3n) is 2.79. The lowest BCUT2D eigenvalue weighted by Gasteiger charge is -2.24. The van der Waals surface area contributed by atoms with E-state index in [0.29, 0.717) is 18.0 Å². The molecule has 4 nitrogen and oxygen atoms in total. The Labute approximate surface area is 104 Å². The summed E-state index contributed by atoms with van der Waals surface area (Å²) >= 11 is 1.52. The number of aliphatic hydroxyl groups is 1. The minimum Gasteiger partial charge on any atom is -0.493 e. The quantitative estimate of drug-likeness (QED) is 0.907. The first kappa shape index (κ1) is 12.1. The van der Waals surface area contributed by atoms with Crippen LogP contribution in [0.1, 0.15) is 24.4 Å². The molecular weight excluding hydrogens is 236 g/mol. The Morgan fingerprint density at radius 1 is 1.59 bits per heavy atom. The van der Waals surface area contributed by atoms with Gasteiger partial charge < -0.3 is 9.84 Å². The van der Waals surface area contributed by atoms with Crippen LogP contribution in [0.2, 0.25) is 0 Å². The highest BCUT2D eigenvalue weighted by molar-refractivity contribution is 7.10. The number of nitrogens with zero attached hydrogens (tertiary/aromatic N) is 2. The highest BCUT2D eigenvalue weighted by Crippen LogP contribution is 2.37. The van der Waals surface area contributed by atoms with E-state index in [-0.39, 0.29) is 0 Å². The highest BCUT2D eigenvalue weighted by Gasteiger charge is 2.34. The van der Waals surface area contributed by atoms with E-state index in [0.717, 1.165) is 4.88 Å². The van der Waals surface area contributed by atoms with Crippen molar-refractivity contribution in [1.29, 1.82) is 0 Å². The summed E-state index contributed by atoms with van der Waals surface area (Å²) in [6.45, 7) is 4.45. The smallest absolute Gasteiger partial charge is 0.163 e. The molecular formula is C12H16N2O2S. The Bertz CT molecular complexity index is 467. The zero-order valence-electron chi connectivity index (χ0n) is 10.2. The molecule has 0 saturated carbocycles. The fourth-order valence-corrected chi connectivity index (χ4v) is 2.71. The lowest BCUT2D eigenvalue weighted by atomic mass is 9.99. The SMILES string of the molecule is CCn1ncc(OC)c1C(C)(O)c1cccs1. The van der Waals surface area contributed by atoms with E-state index in [4.69, 9.17) is 4.74 Å². The summed E-state index contributed by atoms with van der Waals surface area (Å²) in [7, 11) is 1.59. The van der Waals surface area contributed by atoms with E-state index in [1.54, 1.807) is 24.9 Å². The van der Waals surface area contributed by atoms with Gasteiger partial charge in [0.2, 0.25) is 0 Å². The molecule has 0 aliphatic rings. The van der Waals surface area contributed by atoms with Crippen LogP contribution in [0.25, 0.3) is 0 Å². The summed E-state index contributed by atoms with van der Waals surface area (Å²) in [5, 5.41) is 16.9. The molecule has 0 aliphatic heterocycles. The fourth-order valence-electron chi connectivity index (χ4n) is 1.92. The van der Waals surface area contributed by atoms with Gasteiger partial charge in [-0.1, -0.05) is 6.07 Å². The molecule has 92 valence electrons. The summed E-state index contributed by atoms with van der Waals surface area (Å²) in [6.07, 6.45) is 1.64. The number of rotatable bonds is 4. The minimum absolute atomic E-state index is 0.616. The number of aromatic nitrogens is 2. The molecule has 0 spiro atoms. The fraction of sp³-hybridized carbons (Fsp3) is 0.417. The molecule has 0 aliphatic carbocycles. The van der Waals surface area contributed by atoms with Gasteiger partial charge in [-0.25, -0.2) is 0 Å². The van der Waals surface area contributed by atoms with Crippen LogP contribution in [0.3, 0.4) is 0 Å². The number of hydrogen-bond acceptors (Lipinski definition) is 4. The first-order chi connectivity index (χ1) is 8.11. The second-order valence-electron chi connectivity index (χ2n) is 3.93. The van der Waals surface area contributed by atoms with Gasteiger partial charge in [0.25, 0.3) is 0 Å². The Kier molecular flexibility index (Phi) is 3.22. The standard InChI is InChI=1S/C12H16N2O2S/c1-4-14-11(9(16-3)8-13-14)12(2,15)10-6-5-7-17-10/h5-8,15H,4H2,1-3H3. The normalized spacial score (nSPS) is 14.6. The van der Waals surface area contributed by atoms with Gasteiger partial charge in [-0.2, -0.15) is 5.10 Å². The average Bonchev–Trinajstić information content (AvgIpc) is 2.97. The van der Waals surface area contributed by atoms with Crippen LogP contribution in [0.4, 0.5) is 0 Å². The zero-order valence-corrected chi connectivity index (χ0v) is 11.0. The van der Waals surface area contributed by atoms with E-state index in [9.17, 15) is 5.11 Å². The van der Waals surface area contributed by atoms with Crippen molar-refractivity contribution in [3.63, 3.8) is 0 Å². The second-order valence-corrected chi connectivity index (χ2v) is 4.87. The Hall–Kier alpha value is -1.33. The number of hydrogen-bond donors (Lipinski definition) is 1. The Morgan fingerprint density at radius 3 is 2.88 bits per heavy atom. The van der Waals surface area contributed by atoms with Crippen LogP contribution in [-0.4, -0.2) is 22.0 Å². The molecule has 2 aromatic heterocycles. The lowest BCUT2D eigenvalue weighted by Crippen LogP contribution is -2.26. The molecule has 0 amide bonds. The number of ether oxygens (including phenoxy) is 1. The second kappa shape index (κ2) is 4.50. The van der Waals surface area contributed by atoms with E-state index in [1.807, 2.05) is 24.4 Å². The average molecular weight is 252 g/mol. The van der Waals surface area contributed by atoms with Gasteiger partial charge in [-0.15, -0.1) is 11.3 Å². The molecule has 2 rings (SSSR count). The molecule has 0 aromatic carbocycles. The van der Waals surface area contributed by atoms with Crippen molar-refractivity contribution in [2.24, 2.45) is 0 Å². The van der Waals surface area contributed by atoms with Gasteiger partial charge in [0.1, 0.15) is 11.3 Å². The Balaban J connectivity index is 2.55. The molecule has 2 heterocycles. The van der Waals surface area contributed by atoms with Crippen LogP contribution in [0, 0.1) is 0 Å². The van der Waals surface area contributed by atoms with E-state index in [1.165, 1.54) is 11.3 Å². The predicted molar refractivity (Wildman–Crippen MR) is 67.4 cm³/mol. The lowest BCUT2D eigenvalue weighted by molar-refractivity contribution is 0.0923. The van der Waals surface area contributed by atoms with E-state index in [2.05, 4.69) is 5.10 Å². The molecule has 0 saturated heterocycles. The maximum Gasteiger partial charge on any atom is 0.163 e. The molecule has 0 radical (unpaired) electrons. The molecule has 1 unspecified atom stereocenters. The molecule has 0 fully saturated rings. The predicted octanol–water partition coefficient (Wildman–Crippen LogP) is 2.23. The summed E-state index contributed by atoms with van der Waals surface area (Å²) in [6, 6.07) is 3.84. The van der Waals surface area contributed by atoms with E-state index >= 15 is 0 Å². The van der Waals surface area contributed by atoms with Crippen LogP contribution in [0.5, 0.6) is 5.75 Å². The number of aryl methyl sites for hydroxylation is 1. The van der Waals surface area contributed by atoms with Crippen LogP contribution in [0.15, 0.2) is 23.7 Å². The highest BCUT2D eigenvalue weighted by atomic mass is 32.1. The van der Waals surface area contributed by atoms with E-state index < -0.39 is 5.60 Å². The van der Waals surface area contributed by atoms with Gasteiger partial charge in [0.15, 0.2) is 5.75 Å². The third kappa shape index (κ3) is 1.96. The van der Waals surface area contributed by atoms with Gasteiger partial charge in [-0.05, 0) is 25.3 Å². The van der Waals surface area contributed by atoms with Crippen LogP contribution >= 0.6 is 11.3 Å². The van der Waals surface area contributed by atoms with Gasteiger partial charge in [0.05, 0.1) is 13.3 Å². The van der Waals surface area contributed by atoms with Gasteiger partial charge in [0, 0.05) is 11.4 Å². The topological polar surface area (TPSA) is 47.3 Å². The minimum atomic E-state index is -1.08. The maximum atomic E-state index is 10.7. The molecule has 1 atom stereocenters. The molecule has 2 aromatic rings.